The number of aliphatic hydroxyl groups is 2. The summed E-state index contributed by atoms with van der Waals surface area (Å²) in [5.74, 6) is 0. The number of hydrogen-bond donors (Lipinski definition) is 2. The SMILES string of the molecule is CCCCCCCCCCCCCCCCCCCCCCC(O)C(O)C[N+](C)(C)CCC. The summed E-state index contributed by atoms with van der Waals surface area (Å²) in [4.78, 5) is 0. The molecule has 2 unspecified atom stereocenters. The molecule has 2 atom stereocenters. The summed E-state index contributed by atoms with van der Waals surface area (Å²) in [5, 5.41) is 20.5. The van der Waals surface area contributed by atoms with Gasteiger partial charge in [-0.2, -0.15) is 0 Å². The van der Waals surface area contributed by atoms with Gasteiger partial charge < -0.3 is 14.7 Å². The highest BCUT2D eigenvalue weighted by atomic mass is 16.3. The van der Waals surface area contributed by atoms with Crippen molar-refractivity contribution in [1.29, 1.82) is 0 Å². The zero-order chi connectivity index (χ0) is 24.6. The van der Waals surface area contributed by atoms with Crippen LogP contribution < -0.4 is 0 Å². The number of aliphatic hydroxyl groups excluding tert-OH is 2. The van der Waals surface area contributed by atoms with E-state index in [9.17, 15) is 10.2 Å². The number of rotatable bonds is 26. The Hall–Kier alpha value is -0.120. The third kappa shape index (κ3) is 23.4. The van der Waals surface area contributed by atoms with Crippen molar-refractivity contribution in [3.05, 3.63) is 0 Å². The molecule has 0 radical (unpaired) electrons. The highest BCUT2D eigenvalue weighted by molar-refractivity contribution is 4.67. The first-order chi connectivity index (χ1) is 15.9. The minimum atomic E-state index is -0.591. The fourth-order valence-electron chi connectivity index (χ4n) is 5.13. The lowest BCUT2D eigenvalue weighted by molar-refractivity contribution is -0.893. The number of hydrogen-bond acceptors (Lipinski definition) is 2. The Kier molecular flexibility index (Phi) is 23.5. The molecule has 0 amide bonds. The fourth-order valence-corrected chi connectivity index (χ4v) is 5.13. The van der Waals surface area contributed by atoms with Crippen LogP contribution in [0.5, 0.6) is 0 Å². The van der Waals surface area contributed by atoms with E-state index in [1.54, 1.807) is 0 Å². The van der Waals surface area contributed by atoms with Gasteiger partial charge in [0, 0.05) is 0 Å². The van der Waals surface area contributed by atoms with Gasteiger partial charge in [-0.05, 0) is 12.8 Å². The average molecular weight is 471 g/mol. The van der Waals surface area contributed by atoms with Gasteiger partial charge in [-0.3, -0.25) is 0 Å². The molecule has 0 bridgehead atoms. The Balaban J connectivity index is 3.29. The Labute approximate surface area is 209 Å². The van der Waals surface area contributed by atoms with E-state index in [1.165, 1.54) is 122 Å². The van der Waals surface area contributed by atoms with Gasteiger partial charge in [0.05, 0.1) is 26.7 Å². The van der Waals surface area contributed by atoms with E-state index in [4.69, 9.17) is 0 Å². The van der Waals surface area contributed by atoms with E-state index in [1.807, 2.05) is 0 Å². The monoisotopic (exact) mass is 470 g/mol. The molecule has 3 nitrogen and oxygen atoms in total. The number of likely N-dealkylation sites (N-methyl/N-ethyl adjacent to an activating group) is 1. The van der Waals surface area contributed by atoms with Gasteiger partial charge in [0.15, 0.2) is 0 Å². The lowest BCUT2D eigenvalue weighted by Crippen LogP contribution is -2.49. The van der Waals surface area contributed by atoms with E-state index in [2.05, 4.69) is 27.9 Å². The molecule has 0 aliphatic carbocycles. The predicted molar refractivity (Wildman–Crippen MR) is 147 cm³/mol. The molecular formula is C30H64NO2+. The summed E-state index contributed by atoms with van der Waals surface area (Å²) in [6, 6.07) is 0. The van der Waals surface area contributed by atoms with Crippen molar-refractivity contribution in [3.63, 3.8) is 0 Å². The molecule has 0 heterocycles. The molecule has 3 heteroatoms. The minimum Gasteiger partial charge on any atom is -0.390 e. The molecule has 0 aromatic heterocycles. The molecule has 0 saturated carbocycles. The first kappa shape index (κ1) is 32.9. The van der Waals surface area contributed by atoms with Gasteiger partial charge in [0.2, 0.25) is 0 Å². The number of nitrogens with zero attached hydrogens (tertiary/aromatic N) is 1. The Morgan fingerprint density at radius 2 is 0.788 bits per heavy atom. The van der Waals surface area contributed by atoms with E-state index >= 15 is 0 Å². The van der Waals surface area contributed by atoms with Gasteiger partial charge in [-0.15, -0.1) is 0 Å². The van der Waals surface area contributed by atoms with Crippen LogP contribution in [0, 0.1) is 0 Å². The molecule has 0 aliphatic heterocycles. The second-order valence-electron chi connectivity index (χ2n) is 11.5. The fraction of sp³-hybridized carbons (Fsp3) is 1.00. The molecule has 33 heavy (non-hydrogen) atoms. The summed E-state index contributed by atoms with van der Waals surface area (Å²) in [5.41, 5.74) is 0. The molecule has 0 aliphatic rings. The largest absolute Gasteiger partial charge is 0.390 e. The van der Waals surface area contributed by atoms with Crippen LogP contribution in [0.4, 0.5) is 0 Å². The Morgan fingerprint density at radius 3 is 1.12 bits per heavy atom. The average Bonchev–Trinajstić information content (AvgIpc) is 2.77. The molecule has 0 saturated heterocycles. The maximum Gasteiger partial charge on any atom is 0.129 e. The van der Waals surface area contributed by atoms with Gasteiger partial charge in [-0.1, -0.05) is 142 Å². The maximum atomic E-state index is 10.3. The summed E-state index contributed by atoms with van der Waals surface area (Å²) in [6.07, 6.45) is 28.4. The molecule has 0 rings (SSSR count). The van der Waals surface area contributed by atoms with Crippen LogP contribution in [-0.2, 0) is 0 Å². The molecule has 0 spiro atoms. The van der Waals surface area contributed by atoms with Crippen LogP contribution >= 0.6 is 0 Å². The van der Waals surface area contributed by atoms with Crippen molar-refractivity contribution in [3.8, 4) is 0 Å². The predicted octanol–water partition coefficient (Wildman–Crippen LogP) is 8.41. The first-order valence-corrected chi connectivity index (χ1v) is 15.1. The topological polar surface area (TPSA) is 40.5 Å². The van der Waals surface area contributed by atoms with Crippen molar-refractivity contribution in [1.82, 2.24) is 0 Å². The second kappa shape index (κ2) is 23.6. The minimum absolute atomic E-state index is 0.560. The summed E-state index contributed by atoms with van der Waals surface area (Å²) in [6.45, 7) is 6.15. The highest BCUT2D eigenvalue weighted by Crippen LogP contribution is 2.16. The zero-order valence-electron chi connectivity index (χ0n) is 23.5. The third-order valence-electron chi connectivity index (χ3n) is 7.31. The van der Waals surface area contributed by atoms with Crippen molar-refractivity contribution < 1.29 is 14.7 Å². The lowest BCUT2D eigenvalue weighted by Gasteiger charge is -2.33. The Morgan fingerprint density at radius 1 is 0.455 bits per heavy atom. The van der Waals surface area contributed by atoms with Crippen molar-refractivity contribution in [2.24, 2.45) is 0 Å². The van der Waals surface area contributed by atoms with Gasteiger partial charge in [0.1, 0.15) is 12.6 Å². The van der Waals surface area contributed by atoms with Crippen LogP contribution in [0.25, 0.3) is 0 Å². The van der Waals surface area contributed by atoms with E-state index in [-0.39, 0.29) is 0 Å². The van der Waals surface area contributed by atoms with Crippen molar-refractivity contribution >= 4 is 0 Å². The highest BCUT2D eigenvalue weighted by Gasteiger charge is 2.25. The molecule has 200 valence electrons. The van der Waals surface area contributed by atoms with E-state index in [0.29, 0.717) is 6.54 Å². The molecule has 0 aromatic rings. The molecule has 2 N–H and O–H groups in total. The van der Waals surface area contributed by atoms with Crippen LogP contribution in [0.15, 0.2) is 0 Å². The van der Waals surface area contributed by atoms with Crippen molar-refractivity contribution in [2.45, 2.75) is 167 Å². The van der Waals surface area contributed by atoms with Crippen LogP contribution in [0.2, 0.25) is 0 Å². The molecule has 0 aromatic carbocycles. The Bertz CT molecular complexity index is 385. The maximum absolute atomic E-state index is 10.3. The smallest absolute Gasteiger partial charge is 0.129 e. The van der Waals surface area contributed by atoms with E-state index in [0.717, 1.165) is 30.3 Å². The number of unbranched alkanes of at least 4 members (excludes halogenated alkanes) is 19. The summed E-state index contributed by atoms with van der Waals surface area (Å²) >= 11 is 0. The quantitative estimate of drug-likeness (QED) is 0.0983. The van der Waals surface area contributed by atoms with Crippen LogP contribution in [0.1, 0.15) is 155 Å². The third-order valence-corrected chi connectivity index (χ3v) is 7.31. The molecular weight excluding hydrogens is 406 g/mol. The summed E-state index contributed by atoms with van der Waals surface area (Å²) < 4.78 is 0.786. The first-order valence-electron chi connectivity index (χ1n) is 15.1. The zero-order valence-corrected chi connectivity index (χ0v) is 23.5. The standard InChI is InChI=1S/C30H64NO2/c1-5-7-8-9-10-11-12-13-14-15-16-17-18-19-20-21-22-23-24-25-26-29(32)30(33)28-31(3,4)27-6-2/h29-30,32-33H,5-28H2,1-4H3/q+1. The second-order valence-corrected chi connectivity index (χ2v) is 11.5. The van der Waals surface area contributed by atoms with Gasteiger partial charge in [-0.25, -0.2) is 0 Å². The van der Waals surface area contributed by atoms with Crippen molar-refractivity contribution in [2.75, 3.05) is 27.2 Å². The lowest BCUT2D eigenvalue weighted by atomic mass is 10.0. The van der Waals surface area contributed by atoms with E-state index < -0.39 is 12.2 Å². The normalized spacial score (nSPS) is 14.0. The van der Waals surface area contributed by atoms with Crippen LogP contribution in [-0.4, -0.2) is 54.1 Å². The van der Waals surface area contributed by atoms with Gasteiger partial charge >= 0.3 is 0 Å². The van der Waals surface area contributed by atoms with Gasteiger partial charge in [0.25, 0.3) is 0 Å². The number of quaternary nitrogens is 1. The summed E-state index contributed by atoms with van der Waals surface area (Å²) in [7, 11) is 4.27. The van der Waals surface area contributed by atoms with Crippen LogP contribution in [0.3, 0.4) is 0 Å². The molecule has 0 fully saturated rings.